The summed E-state index contributed by atoms with van der Waals surface area (Å²) in [6, 6.07) is 10.2. The minimum atomic E-state index is 0.197. The zero-order chi connectivity index (χ0) is 21.2. The second-order valence-corrected chi connectivity index (χ2v) is 7.27. The smallest absolute Gasteiger partial charge is 0.213 e. The van der Waals surface area contributed by atoms with E-state index in [1.165, 1.54) is 5.56 Å². The van der Waals surface area contributed by atoms with Crippen molar-refractivity contribution >= 4 is 5.96 Å². The third-order valence-corrected chi connectivity index (χ3v) is 4.89. The van der Waals surface area contributed by atoms with Crippen molar-refractivity contribution in [1.29, 1.82) is 0 Å². The third kappa shape index (κ3) is 6.62. The van der Waals surface area contributed by atoms with Gasteiger partial charge in [0.25, 0.3) is 0 Å². The van der Waals surface area contributed by atoms with Crippen molar-refractivity contribution in [2.45, 2.75) is 45.9 Å². The van der Waals surface area contributed by atoms with Crippen molar-refractivity contribution in [3.8, 4) is 11.6 Å². The molecule has 2 heterocycles. The van der Waals surface area contributed by atoms with Crippen molar-refractivity contribution in [2.24, 2.45) is 4.99 Å². The summed E-state index contributed by atoms with van der Waals surface area (Å²) < 4.78 is 17.2. The fourth-order valence-electron chi connectivity index (χ4n) is 3.27. The average Bonchev–Trinajstić information content (AvgIpc) is 3.27. The molecule has 2 aromatic rings. The predicted octanol–water partition coefficient (Wildman–Crippen LogP) is 3.21. The van der Waals surface area contributed by atoms with Crippen molar-refractivity contribution in [3.05, 3.63) is 53.2 Å². The summed E-state index contributed by atoms with van der Waals surface area (Å²) in [4.78, 5) is 8.52. The molecule has 0 saturated carbocycles. The SMILES string of the molecule is CCOc1cc(CNC(=NC)NCc2ccc(C)cc2OCC2CCCO2)ccn1. The highest BCUT2D eigenvalue weighted by Gasteiger charge is 2.17. The molecule has 162 valence electrons. The normalized spacial score (nSPS) is 16.4. The summed E-state index contributed by atoms with van der Waals surface area (Å²) in [5, 5.41) is 6.69. The molecule has 0 aliphatic carbocycles. The van der Waals surface area contributed by atoms with Crippen LogP contribution in [0, 0.1) is 6.92 Å². The number of nitrogens with one attached hydrogen (secondary N) is 2. The number of aliphatic imine (C=N–C) groups is 1. The van der Waals surface area contributed by atoms with Crippen molar-refractivity contribution in [1.82, 2.24) is 15.6 Å². The minimum Gasteiger partial charge on any atom is -0.491 e. The molecule has 1 aromatic heterocycles. The molecule has 2 N–H and O–H groups in total. The summed E-state index contributed by atoms with van der Waals surface area (Å²) in [5.41, 5.74) is 3.34. The lowest BCUT2D eigenvalue weighted by atomic mass is 10.1. The molecule has 1 saturated heterocycles. The van der Waals surface area contributed by atoms with Crippen LogP contribution >= 0.6 is 0 Å². The Kier molecular flexibility index (Phi) is 8.32. The van der Waals surface area contributed by atoms with Crippen molar-refractivity contribution in [2.75, 3.05) is 26.9 Å². The molecule has 0 amide bonds. The molecule has 3 rings (SSSR count). The van der Waals surface area contributed by atoms with Crippen LogP contribution in [0.25, 0.3) is 0 Å². The summed E-state index contributed by atoms with van der Waals surface area (Å²) >= 11 is 0. The van der Waals surface area contributed by atoms with E-state index in [1.54, 1.807) is 13.2 Å². The maximum Gasteiger partial charge on any atom is 0.213 e. The Bertz CT molecular complexity index is 835. The van der Waals surface area contributed by atoms with E-state index >= 15 is 0 Å². The molecule has 1 fully saturated rings. The molecule has 0 spiro atoms. The van der Waals surface area contributed by atoms with E-state index in [0.717, 1.165) is 42.3 Å². The van der Waals surface area contributed by atoms with E-state index in [4.69, 9.17) is 14.2 Å². The lowest BCUT2D eigenvalue weighted by Crippen LogP contribution is -2.36. The van der Waals surface area contributed by atoms with Crippen LogP contribution in [0.5, 0.6) is 11.6 Å². The van der Waals surface area contributed by atoms with E-state index < -0.39 is 0 Å². The summed E-state index contributed by atoms with van der Waals surface area (Å²) in [6.07, 6.45) is 4.13. The van der Waals surface area contributed by atoms with Crippen molar-refractivity contribution < 1.29 is 14.2 Å². The van der Waals surface area contributed by atoms with Crippen LogP contribution in [-0.4, -0.2) is 43.9 Å². The van der Waals surface area contributed by atoms with Crippen molar-refractivity contribution in [3.63, 3.8) is 0 Å². The largest absolute Gasteiger partial charge is 0.491 e. The number of pyridine rings is 1. The Hall–Kier alpha value is -2.80. The molecular weight excluding hydrogens is 380 g/mol. The summed E-state index contributed by atoms with van der Waals surface area (Å²) in [5.74, 6) is 2.24. The highest BCUT2D eigenvalue weighted by molar-refractivity contribution is 5.79. The van der Waals surface area contributed by atoms with E-state index in [9.17, 15) is 0 Å². The lowest BCUT2D eigenvalue weighted by molar-refractivity contribution is 0.0676. The van der Waals surface area contributed by atoms with E-state index in [2.05, 4.69) is 45.7 Å². The number of ether oxygens (including phenoxy) is 3. The average molecular weight is 413 g/mol. The first-order valence-corrected chi connectivity index (χ1v) is 10.5. The van der Waals surface area contributed by atoms with Gasteiger partial charge in [-0.15, -0.1) is 0 Å². The molecular formula is C23H32N4O3. The highest BCUT2D eigenvalue weighted by Crippen LogP contribution is 2.22. The molecule has 0 bridgehead atoms. The molecule has 1 aliphatic rings. The standard InChI is InChI=1S/C23H32N4O3/c1-4-28-22-13-18(9-10-25-22)14-26-23(24-3)27-15-19-8-7-17(2)12-21(19)30-16-20-6-5-11-29-20/h7-10,12-13,20H,4-6,11,14-16H2,1-3H3,(H2,24,26,27). The Morgan fingerprint density at radius 1 is 1.20 bits per heavy atom. The summed E-state index contributed by atoms with van der Waals surface area (Å²) in [7, 11) is 1.76. The molecule has 1 aliphatic heterocycles. The van der Waals surface area contributed by atoms with Gasteiger partial charge in [-0.05, 0) is 49.9 Å². The van der Waals surface area contributed by atoms with Crippen LogP contribution in [0.3, 0.4) is 0 Å². The third-order valence-electron chi connectivity index (χ3n) is 4.89. The second kappa shape index (κ2) is 11.4. The maximum atomic E-state index is 6.09. The topological polar surface area (TPSA) is 77.0 Å². The molecule has 1 unspecified atom stereocenters. The fraction of sp³-hybridized carbons (Fsp3) is 0.478. The number of benzene rings is 1. The van der Waals surface area contributed by atoms with Gasteiger partial charge in [0.15, 0.2) is 5.96 Å². The Morgan fingerprint density at radius 3 is 2.83 bits per heavy atom. The van der Waals surface area contributed by atoms with Gasteiger partial charge in [-0.3, -0.25) is 4.99 Å². The van der Waals surface area contributed by atoms with Gasteiger partial charge in [0.05, 0.1) is 12.7 Å². The fourth-order valence-corrected chi connectivity index (χ4v) is 3.27. The first kappa shape index (κ1) is 21.9. The second-order valence-electron chi connectivity index (χ2n) is 7.27. The zero-order valence-electron chi connectivity index (χ0n) is 18.1. The first-order chi connectivity index (χ1) is 14.7. The van der Waals surface area contributed by atoms with E-state index in [0.29, 0.717) is 32.2 Å². The summed E-state index contributed by atoms with van der Waals surface area (Å²) in [6.45, 7) is 7.28. The van der Waals surface area contributed by atoms with Crippen LogP contribution < -0.4 is 20.1 Å². The molecule has 30 heavy (non-hydrogen) atoms. The van der Waals surface area contributed by atoms with Gasteiger partial charge in [-0.2, -0.15) is 0 Å². The Labute approximate surface area is 178 Å². The van der Waals surface area contributed by atoms with E-state index in [1.807, 2.05) is 19.1 Å². The number of hydrogen-bond acceptors (Lipinski definition) is 5. The van der Waals surface area contributed by atoms with Crippen LogP contribution in [0.1, 0.15) is 36.5 Å². The lowest BCUT2D eigenvalue weighted by Gasteiger charge is -2.17. The zero-order valence-corrected chi connectivity index (χ0v) is 18.1. The molecule has 7 nitrogen and oxygen atoms in total. The minimum absolute atomic E-state index is 0.197. The first-order valence-electron chi connectivity index (χ1n) is 10.5. The van der Waals surface area contributed by atoms with Gasteiger partial charge < -0.3 is 24.8 Å². The van der Waals surface area contributed by atoms with Gasteiger partial charge in [-0.1, -0.05) is 12.1 Å². The quantitative estimate of drug-likeness (QED) is 0.487. The molecule has 1 atom stereocenters. The van der Waals surface area contributed by atoms with Gasteiger partial charge >= 0.3 is 0 Å². The van der Waals surface area contributed by atoms with Gasteiger partial charge in [-0.25, -0.2) is 4.98 Å². The number of hydrogen-bond donors (Lipinski definition) is 2. The number of aromatic nitrogens is 1. The van der Waals surface area contributed by atoms with Crippen LogP contribution in [-0.2, 0) is 17.8 Å². The Balaban J connectivity index is 1.54. The molecule has 0 radical (unpaired) electrons. The Morgan fingerprint density at radius 2 is 2.07 bits per heavy atom. The van der Waals surface area contributed by atoms with Crippen LogP contribution in [0.4, 0.5) is 0 Å². The number of nitrogens with zero attached hydrogens (tertiary/aromatic N) is 2. The van der Waals surface area contributed by atoms with Crippen LogP contribution in [0.15, 0.2) is 41.5 Å². The van der Waals surface area contributed by atoms with Crippen LogP contribution in [0.2, 0.25) is 0 Å². The molecule has 7 heteroatoms. The monoisotopic (exact) mass is 412 g/mol. The molecule has 1 aromatic carbocycles. The maximum absolute atomic E-state index is 6.09. The van der Waals surface area contributed by atoms with Gasteiger partial charge in [0.2, 0.25) is 5.88 Å². The predicted molar refractivity (Wildman–Crippen MR) is 118 cm³/mol. The number of guanidine groups is 1. The van der Waals surface area contributed by atoms with E-state index in [-0.39, 0.29) is 6.10 Å². The van der Waals surface area contributed by atoms with Gasteiger partial charge in [0.1, 0.15) is 12.4 Å². The number of rotatable bonds is 9. The van der Waals surface area contributed by atoms with Gasteiger partial charge in [0, 0.05) is 44.6 Å². The highest BCUT2D eigenvalue weighted by atomic mass is 16.5. The number of aryl methyl sites for hydroxylation is 1.